The molecule has 160 valence electrons. The lowest BCUT2D eigenvalue weighted by molar-refractivity contribution is 0.101. The molecule has 3 heterocycles. The van der Waals surface area contributed by atoms with Gasteiger partial charge in [-0.15, -0.1) is 10.2 Å². The van der Waals surface area contributed by atoms with Gasteiger partial charge in [0.2, 0.25) is 10.0 Å². The number of benzene rings is 1. The highest BCUT2D eigenvalue weighted by Crippen LogP contribution is 2.21. The van der Waals surface area contributed by atoms with Gasteiger partial charge in [0.25, 0.3) is 0 Å². The van der Waals surface area contributed by atoms with Gasteiger partial charge in [-0.05, 0) is 43.3 Å². The number of carbonyl (C=O) groups excluding carboxylic acids is 1. The highest BCUT2D eigenvalue weighted by Gasteiger charge is 2.29. The van der Waals surface area contributed by atoms with Gasteiger partial charge in [0.05, 0.1) is 4.90 Å². The number of ketones is 1. The van der Waals surface area contributed by atoms with Gasteiger partial charge in [0, 0.05) is 37.9 Å². The summed E-state index contributed by atoms with van der Waals surface area (Å²) < 4.78 is 27.4. The van der Waals surface area contributed by atoms with Crippen LogP contribution in [0.2, 0.25) is 0 Å². The maximum absolute atomic E-state index is 13.0. The second kappa shape index (κ2) is 8.78. The Morgan fingerprint density at radius 3 is 2.39 bits per heavy atom. The van der Waals surface area contributed by atoms with Crippen LogP contribution in [0.1, 0.15) is 17.3 Å². The summed E-state index contributed by atoms with van der Waals surface area (Å²) in [5, 5.41) is 11.5. The van der Waals surface area contributed by atoms with Crippen molar-refractivity contribution in [1.82, 2.24) is 19.5 Å². The molecule has 4 rings (SSSR count). The van der Waals surface area contributed by atoms with Crippen molar-refractivity contribution >= 4 is 33.3 Å². The number of sulfonamides is 1. The molecule has 0 aliphatic carbocycles. The predicted molar refractivity (Wildman–Crippen MR) is 117 cm³/mol. The van der Waals surface area contributed by atoms with E-state index in [4.69, 9.17) is 0 Å². The Labute approximate surface area is 180 Å². The van der Waals surface area contributed by atoms with Gasteiger partial charge >= 0.3 is 0 Å². The molecule has 1 aliphatic heterocycles. The first kappa shape index (κ1) is 20.9. The lowest BCUT2D eigenvalue weighted by atomic mass is 10.2. The van der Waals surface area contributed by atoms with Crippen LogP contribution in [-0.2, 0) is 10.0 Å². The zero-order valence-electron chi connectivity index (χ0n) is 17.0. The van der Waals surface area contributed by atoms with Crippen LogP contribution < -0.4 is 10.2 Å². The summed E-state index contributed by atoms with van der Waals surface area (Å²) in [6, 6.07) is 15.4. The van der Waals surface area contributed by atoms with Crippen LogP contribution in [-0.4, -0.2) is 59.9 Å². The lowest BCUT2D eigenvalue weighted by Crippen LogP contribution is -2.49. The van der Waals surface area contributed by atoms with Gasteiger partial charge < -0.3 is 10.2 Å². The van der Waals surface area contributed by atoms with E-state index in [1.54, 1.807) is 18.3 Å². The van der Waals surface area contributed by atoms with E-state index in [2.05, 4.69) is 20.5 Å². The van der Waals surface area contributed by atoms with Crippen molar-refractivity contribution in [2.24, 2.45) is 0 Å². The molecule has 0 saturated carbocycles. The molecule has 1 saturated heterocycles. The highest BCUT2D eigenvalue weighted by atomic mass is 32.2. The molecule has 0 bridgehead atoms. The Hall–Kier alpha value is -3.37. The molecule has 1 aliphatic rings. The van der Waals surface area contributed by atoms with Gasteiger partial charge in [0.1, 0.15) is 5.82 Å². The van der Waals surface area contributed by atoms with Crippen LogP contribution >= 0.6 is 0 Å². The van der Waals surface area contributed by atoms with Crippen molar-refractivity contribution in [2.75, 3.05) is 36.4 Å². The summed E-state index contributed by atoms with van der Waals surface area (Å²) in [7, 11) is -3.66. The Bertz CT molecular complexity index is 1160. The van der Waals surface area contributed by atoms with E-state index in [9.17, 15) is 13.2 Å². The summed E-state index contributed by atoms with van der Waals surface area (Å²) in [5.74, 6) is 1.77. The molecule has 0 radical (unpaired) electrons. The fourth-order valence-electron chi connectivity index (χ4n) is 3.31. The summed E-state index contributed by atoms with van der Waals surface area (Å²) in [4.78, 5) is 17.9. The van der Waals surface area contributed by atoms with E-state index >= 15 is 0 Å². The van der Waals surface area contributed by atoms with Gasteiger partial charge in [-0.3, -0.25) is 4.79 Å². The smallest absolute Gasteiger partial charge is 0.243 e. The number of nitrogens with zero attached hydrogens (tertiary/aromatic N) is 5. The quantitative estimate of drug-likeness (QED) is 0.584. The topological polar surface area (TPSA) is 108 Å². The molecule has 1 aromatic carbocycles. The Kier molecular flexibility index (Phi) is 5.92. The van der Waals surface area contributed by atoms with Crippen LogP contribution in [0.3, 0.4) is 0 Å². The molecule has 0 atom stereocenters. The number of hydrogen-bond donors (Lipinski definition) is 1. The predicted octanol–water partition coefficient (Wildman–Crippen LogP) is 2.33. The summed E-state index contributed by atoms with van der Waals surface area (Å²) in [6.45, 7) is 3.05. The highest BCUT2D eigenvalue weighted by molar-refractivity contribution is 7.89. The zero-order valence-corrected chi connectivity index (χ0v) is 17.8. The molecular weight excluding hydrogens is 416 g/mol. The van der Waals surface area contributed by atoms with Crippen LogP contribution in [0, 0.1) is 0 Å². The molecule has 0 spiro atoms. The minimum Gasteiger partial charge on any atom is -0.352 e. The zero-order chi connectivity index (χ0) is 21.8. The van der Waals surface area contributed by atoms with E-state index in [0.29, 0.717) is 49.2 Å². The number of pyridine rings is 1. The number of carbonyl (C=O) groups is 1. The van der Waals surface area contributed by atoms with E-state index in [-0.39, 0.29) is 10.7 Å². The van der Waals surface area contributed by atoms with Gasteiger partial charge in [-0.2, -0.15) is 4.31 Å². The first-order valence-corrected chi connectivity index (χ1v) is 11.3. The van der Waals surface area contributed by atoms with Gasteiger partial charge in [-0.25, -0.2) is 13.4 Å². The van der Waals surface area contributed by atoms with E-state index in [1.165, 1.54) is 23.4 Å². The first-order chi connectivity index (χ1) is 14.9. The summed E-state index contributed by atoms with van der Waals surface area (Å²) >= 11 is 0. The van der Waals surface area contributed by atoms with E-state index in [1.807, 2.05) is 35.2 Å². The Balaban J connectivity index is 1.40. The number of anilines is 3. The number of Topliss-reactive ketones (excluding diaryl/α,β-unsaturated/α-hetero) is 1. The fraction of sp³-hybridized carbons (Fsp3) is 0.238. The molecular formula is C21H22N6O3S. The van der Waals surface area contributed by atoms with Crippen LogP contribution in [0.5, 0.6) is 0 Å². The van der Waals surface area contributed by atoms with Crippen LogP contribution in [0.4, 0.5) is 17.5 Å². The minimum absolute atomic E-state index is 0.137. The average molecular weight is 439 g/mol. The average Bonchev–Trinajstić information content (AvgIpc) is 2.80. The van der Waals surface area contributed by atoms with Gasteiger partial charge in [-0.1, -0.05) is 18.2 Å². The van der Waals surface area contributed by atoms with E-state index < -0.39 is 10.0 Å². The van der Waals surface area contributed by atoms with Gasteiger partial charge in [0.15, 0.2) is 17.4 Å². The summed E-state index contributed by atoms with van der Waals surface area (Å²) in [5.41, 5.74) is 0.384. The number of hydrogen-bond acceptors (Lipinski definition) is 8. The Morgan fingerprint density at radius 1 is 0.935 bits per heavy atom. The van der Waals surface area contributed by atoms with Crippen LogP contribution in [0.25, 0.3) is 0 Å². The largest absolute Gasteiger partial charge is 0.352 e. The molecule has 1 fully saturated rings. The first-order valence-electron chi connectivity index (χ1n) is 9.81. The van der Waals surface area contributed by atoms with Crippen molar-refractivity contribution in [1.29, 1.82) is 0 Å². The number of rotatable bonds is 6. The van der Waals surface area contributed by atoms with E-state index in [0.717, 1.165) is 0 Å². The van der Waals surface area contributed by atoms with Crippen molar-refractivity contribution in [2.45, 2.75) is 11.8 Å². The normalized spacial score (nSPS) is 14.9. The third-order valence-corrected chi connectivity index (χ3v) is 6.91. The third kappa shape index (κ3) is 4.70. The second-order valence-electron chi connectivity index (χ2n) is 7.09. The molecule has 0 unspecified atom stereocenters. The maximum atomic E-state index is 13.0. The van der Waals surface area contributed by atoms with Crippen molar-refractivity contribution in [3.05, 3.63) is 66.4 Å². The maximum Gasteiger partial charge on any atom is 0.243 e. The molecule has 2 aromatic heterocycles. The van der Waals surface area contributed by atoms with Crippen molar-refractivity contribution < 1.29 is 13.2 Å². The Morgan fingerprint density at radius 2 is 1.74 bits per heavy atom. The number of nitrogens with one attached hydrogen (secondary N) is 1. The minimum atomic E-state index is -3.66. The molecule has 0 amide bonds. The molecule has 10 heteroatoms. The number of aromatic nitrogens is 3. The fourth-order valence-corrected chi connectivity index (χ4v) is 4.78. The molecule has 31 heavy (non-hydrogen) atoms. The van der Waals surface area contributed by atoms with Crippen molar-refractivity contribution in [3.63, 3.8) is 0 Å². The summed E-state index contributed by atoms with van der Waals surface area (Å²) in [6.07, 6.45) is 1.69. The third-order valence-electron chi connectivity index (χ3n) is 5.01. The second-order valence-corrected chi connectivity index (χ2v) is 9.03. The van der Waals surface area contributed by atoms with Crippen LogP contribution in [0.15, 0.2) is 65.7 Å². The van der Waals surface area contributed by atoms with Crippen molar-refractivity contribution in [3.8, 4) is 0 Å². The monoisotopic (exact) mass is 438 g/mol. The molecule has 3 aromatic rings. The number of piperazine rings is 1. The SMILES string of the molecule is CC(=O)c1cccc(S(=O)(=O)N2CCN(c3ccc(Nc4ccccn4)nn3)CC2)c1. The standard InChI is InChI=1S/C21H22N6O3S/c1-16(28)17-5-4-6-18(15-17)31(29,30)27-13-11-26(12-14-27)21-9-8-20(24-25-21)23-19-7-2-3-10-22-19/h2-10,15H,11-14H2,1H3,(H,22,23,24). The lowest BCUT2D eigenvalue weighted by Gasteiger charge is -2.34. The molecule has 1 N–H and O–H groups in total. The molecule has 9 nitrogen and oxygen atoms in total.